The summed E-state index contributed by atoms with van der Waals surface area (Å²) < 4.78 is 5.78. The van der Waals surface area contributed by atoms with Gasteiger partial charge in [0.05, 0.1) is 13.2 Å². The molecular weight excluding hydrogens is 270 g/mol. The second-order valence-electron chi connectivity index (χ2n) is 5.67. The first-order valence-corrected chi connectivity index (χ1v) is 8.02. The van der Waals surface area contributed by atoms with Crippen LogP contribution in [-0.4, -0.2) is 19.7 Å². The molecule has 0 amide bonds. The predicted octanol–water partition coefficient (Wildman–Crippen LogP) is 3.82. The second kappa shape index (κ2) is 7.92. The summed E-state index contributed by atoms with van der Waals surface area (Å²) in [6.45, 7) is 3.52. The van der Waals surface area contributed by atoms with Crippen molar-refractivity contribution in [3.63, 3.8) is 0 Å². The highest BCUT2D eigenvalue weighted by Gasteiger charge is 2.06. The molecule has 1 aliphatic heterocycles. The molecule has 114 valence electrons. The lowest BCUT2D eigenvalue weighted by Gasteiger charge is -2.15. The Morgan fingerprint density at radius 2 is 1.82 bits per heavy atom. The molecule has 0 fully saturated rings. The van der Waals surface area contributed by atoms with Gasteiger partial charge in [-0.05, 0) is 41.6 Å². The average molecular weight is 293 g/mol. The zero-order chi connectivity index (χ0) is 15.0. The van der Waals surface area contributed by atoms with Gasteiger partial charge in [0, 0.05) is 6.54 Å². The van der Waals surface area contributed by atoms with Crippen LogP contribution in [0.5, 0.6) is 0 Å². The third kappa shape index (κ3) is 4.30. The van der Waals surface area contributed by atoms with Crippen molar-refractivity contribution < 1.29 is 4.74 Å². The Hall–Kier alpha value is -1.90. The summed E-state index contributed by atoms with van der Waals surface area (Å²) in [4.78, 5) is 0. The van der Waals surface area contributed by atoms with Gasteiger partial charge in [-0.2, -0.15) is 0 Å². The second-order valence-corrected chi connectivity index (χ2v) is 5.67. The third-order valence-corrected chi connectivity index (χ3v) is 4.01. The van der Waals surface area contributed by atoms with Crippen molar-refractivity contribution in [2.24, 2.45) is 0 Å². The van der Waals surface area contributed by atoms with Crippen molar-refractivity contribution >= 4 is 5.57 Å². The number of nitrogens with one attached hydrogen (secondary N) is 1. The number of rotatable bonds is 6. The van der Waals surface area contributed by atoms with Gasteiger partial charge in [0.2, 0.25) is 0 Å². The maximum atomic E-state index is 5.78. The molecule has 1 heterocycles. The molecular formula is C20H23NO. The van der Waals surface area contributed by atoms with E-state index < -0.39 is 0 Å². The summed E-state index contributed by atoms with van der Waals surface area (Å²) in [5.74, 6) is 0. The molecule has 0 saturated heterocycles. The molecule has 1 aliphatic rings. The van der Waals surface area contributed by atoms with Gasteiger partial charge in [0.1, 0.15) is 0 Å². The number of benzene rings is 2. The molecule has 2 heteroatoms. The lowest BCUT2D eigenvalue weighted by molar-refractivity contribution is 0.124. The molecule has 0 radical (unpaired) electrons. The largest absolute Gasteiger partial charge is 0.376 e. The van der Waals surface area contributed by atoms with E-state index in [1.807, 2.05) is 6.07 Å². The van der Waals surface area contributed by atoms with E-state index in [4.69, 9.17) is 4.74 Å². The fraction of sp³-hybridized carbons (Fsp3) is 0.300. The van der Waals surface area contributed by atoms with Crippen molar-refractivity contribution in [1.82, 2.24) is 5.32 Å². The Balaban J connectivity index is 1.51. The van der Waals surface area contributed by atoms with Crippen molar-refractivity contribution in [2.75, 3.05) is 19.7 Å². The first-order chi connectivity index (χ1) is 10.9. The highest BCUT2D eigenvalue weighted by Crippen LogP contribution is 2.20. The molecule has 0 saturated carbocycles. The van der Waals surface area contributed by atoms with Crippen LogP contribution in [0, 0.1) is 0 Å². The van der Waals surface area contributed by atoms with E-state index in [9.17, 15) is 0 Å². The molecule has 0 aliphatic carbocycles. The Morgan fingerprint density at radius 3 is 2.64 bits per heavy atom. The Bertz CT molecular complexity index is 619. The molecule has 0 unspecified atom stereocenters. The molecule has 0 atom stereocenters. The fourth-order valence-corrected chi connectivity index (χ4v) is 2.77. The Labute approximate surface area is 132 Å². The minimum absolute atomic E-state index is 0.692. The lowest BCUT2D eigenvalue weighted by atomic mass is 9.98. The van der Waals surface area contributed by atoms with E-state index in [0.717, 1.165) is 32.5 Å². The van der Waals surface area contributed by atoms with E-state index in [-0.39, 0.29) is 0 Å². The van der Waals surface area contributed by atoms with Gasteiger partial charge < -0.3 is 10.1 Å². The van der Waals surface area contributed by atoms with E-state index in [2.05, 4.69) is 59.9 Å². The summed E-state index contributed by atoms with van der Waals surface area (Å²) in [7, 11) is 0. The molecule has 2 nitrogen and oxygen atoms in total. The Morgan fingerprint density at radius 1 is 0.955 bits per heavy atom. The maximum absolute atomic E-state index is 5.78. The normalized spacial score (nSPS) is 14.6. The number of ether oxygens (including phenoxy) is 1. The van der Waals surface area contributed by atoms with Gasteiger partial charge in [-0.25, -0.2) is 0 Å². The van der Waals surface area contributed by atoms with Crippen molar-refractivity contribution in [3.05, 3.63) is 77.4 Å². The maximum Gasteiger partial charge on any atom is 0.0717 e. The van der Waals surface area contributed by atoms with E-state index >= 15 is 0 Å². The molecule has 0 spiro atoms. The zero-order valence-electron chi connectivity index (χ0n) is 12.9. The van der Waals surface area contributed by atoms with Gasteiger partial charge >= 0.3 is 0 Å². The van der Waals surface area contributed by atoms with Crippen LogP contribution in [0.1, 0.15) is 23.1 Å². The smallest absolute Gasteiger partial charge is 0.0717 e. The van der Waals surface area contributed by atoms with Gasteiger partial charge in [-0.3, -0.25) is 0 Å². The van der Waals surface area contributed by atoms with Crippen LogP contribution in [0.2, 0.25) is 0 Å². The fourth-order valence-electron chi connectivity index (χ4n) is 2.77. The van der Waals surface area contributed by atoms with Crippen LogP contribution in [-0.2, 0) is 17.8 Å². The van der Waals surface area contributed by atoms with Crippen LogP contribution in [0.3, 0.4) is 0 Å². The van der Waals surface area contributed by atoms with Gasteiger partial charge in [-0.15, -0.1) is 0 Å². The van der Waals surface area contributed by atoms with Crippen molar-refractivity contribution in [3.8, 4) is 0 Å². The molecule has 2 aromatic carbocycles. The zero-order valence-corrected chi connectivity index (χ0v) is 12.9. The van der Waals surface area contributed by atoms with Crippen LogP contribution in [0.15, 0.2) is 60.7 Å². The standard InChI is InChI=1S/C20H23NO/c1-2-5-18(6-3-1)16-22-14-11-17-7-4-8-20(15-17)19-9-12-21-13-10-19/h1-9,15,21H,10-14,16H2. The molecule has 1 N–H and O–H groups in total. The summed E-state index contributed by atoms with van der Waals surface area (Å²) in [6.07, 6.45) is 4.38. The summed E-state index contributed by atoms with van der Waals surface area (Å²) in [5.41, 5.74) is 5.41. The monoisotopic (exact) mass is 293 g/mol. The van der Waals surface area contributed by atoms with E-state index in [0.29, 0.717) is 6.61 Å². The lowest BCUT2D eigenvalue weighted by Crippen LogP contribution is -2.20. The number of hydrogen-bond acceptors (Lipinski definition) is 2. The first kappa shape index (κ1) is 15.0. The first-order valence-electron chi connectivity index (χ1n) is 8.02. The van der Waals surface area contributed by atoms with E-state index in [1.165, 1.54) is 22.3 Å². The molecule has 2 aromatic rings. The average Bonchev–Trinajstić information content (AvgIpc) is 2.61. The highest BCUT2D eigenvalue weighted by atomic mass is 16.5. The molecule has 0 bridgehead atoms. The predicted molar refractivity (Wildman–Crippen MR) is 91.7 cm³/mol. The highest BCUT2D eigenvalue weighted by molar-refractivity contribution is 5.67. The van der Waals surface area contributed by atoms with Crippen molar-refractivity contribution in [1.29, 1.82) is 0 Å². The SMILES string of the molecule is C1=C(c2cccc(CCOCc3ccccc3)c2)CCNC1. The third-order valence-electron chi connectivity index (χ3n) is 4.01. The minimum Gasteiger partial charge on any atom is -0.376 e. The van der Waals surface area contributed by atoms with Gasteiger partial charge in [-0.1, -0.05) is 60.7 Å². The molecule has 0 aromatic heterocycles. The van der Waals surface area contributed by atoms with E-state index in [1.54, 1.807) is 0 Å². The molecule has 22 heavy (non-hydrogen) atoms. The minimum atomic E-state index is 0.692. The molecule has 3 rings (SSSR count). The van der Waals surface area contributed by atoms with Gasteiger partial charge in [0.25, 0.3) is 0 Å². The summed E-state index contributed by atoms with van der Waals surface area (Å²) >= 11 is 0. The Kier molecular flexibility index (Phi) is 5.41. The summed E-state index contributed by atoms with van der Waals surface area (Å²) in [5, 5.41) is 3.36. The topological polar surface area (TPSA) is 21.3 Å². The number of hydrogen-bond donors (Lipinski definition) is 1. The quantitative estimate of drug-likeness (QED) is 0.817. The summed E-state index contributed by atoms with van der Waals surface area (Å²) in [6, 6.07) is 19.2. The van der Waals surface area contributed by atoms with Crippen molar-refractivity contribution in [2.45, 2.75) is 19.4 Å². The van der Waals surface area contributed by atoms with Crippen LogP contribution in [0.4, 0.5) is 0 Å². The van der Waals surface area contributed by atoms with Crippen LogP contribution >= 0.6 is 0 Å². The van der Waals surface area contributed by atoms with Gasteiger partial charge in [0.15, 0.2) is 0 Å². The van der Waals surface area contributed by atoms with Crippen LogP contribution in [0.25, 0.3) is 5.57 Å². The van der Waals surface area contributed by atoms with Crippen LogP contribution < -0.4 is 5.32 Å².